The van der Waals surface area contributed by atoms with Crippen LogP contribution in [0, 0.1) is 0 Å². The molecule has 0 spiro atoms. The predicted molar refractivity (Wildman–Crippen MR) is 105 cm³/mol. The highest BCUT2D eigenvalue weighted by molar-refractivity contribution is 5.80. The molecule has 1 heterocycles. The number of esters is 1. The summed E-state index contributed by atoms with van der Waals surface area (Å²) < 4.78 is 4.63. The molecule has 0 saturated carbocycles. The molecular weight excluding hydrogens is 340 g/mol. The maximum absolute atomic E-state index is 12.1. The first-order chi connectivity index (χ1) is 13.1. The van der Waals surface area contributed by atoms with Crippen molar-refractivity contribution < 1.29 is 14.3 Å². The highest BCUT2D eigenvalue weighted by atomic mass is 16.5. The number of benzene rings is 1. The van der Waals surface area contributed by atoms with Crippen molar-refractivity contribution in [3.63, 3.8) is 0 Å². The summed E-state index contributed by atoms with van der Waals surface area (Å²) in [5.74, 6) is -0.163. The Labute approximate surface area is 160 Å². The zero-order valence-corrected chi connectivity index (χ0v) is 15.9. The smallest absolute Gasteiger partial charge is 0.322 e. The highest BCUT2D eigenvalue weighted by Gasteiger charge is 2.14. The van der Waals surface area contributed by atoms with Crippen LogP contribution in [0.25, 0.3) is 0 Å². The number of methoxy groups -OCH3 is 1. The second-order valence-corrected chi connectivity index (χ2v) is 6.75. The standard InChI is InChI=1S/C22H28N2O3/c1-27-22(26)21(23)16-18-12-10-17(11-13-18)15-20(25)9-4-2-3-7-19-8-5-6-14-24-19/h5-6,8,10-14,21H,2-4,7,9,15-16,23H2,1H3/t21-/m0/s1. The average molecular weight is 368 g/mol. The SMILES string of the molecule is COC(=O)[C@@H](N)Cc1ccc(CC(=O)CCCCCc2ccccn2)cc1. The molecule has 1 aromatic carbocycles. The number of ether oxygens (including phenoxy) is 1. The molecular formula is C22H28N2O3. The molecule has 0 saturated heterocycles. The van der Waals surface area contributed by atoms with E-state index in [-0.39, 0.29) is 5.78 Å². The topological polar surface area (TPSA) is 82.3 Å². The monoisotopic (exact) mass is 368 g/mol. The third kappa shape index (κ3) is 7.71. The number of ketones is 1. The lowest BCUT2D eigenvalue weighted by Crippen LogP contribution is -2.33. The lowest BCUT2D eigenvalue weighted by molar-refractivity contribution is -0.142. The van der Waals surface area contributed by atoms with Crippen molar-refractivity contribution in [3.8, 4) is 0 Å². The third-order valence-corrected chi connectivity index (χ3v) is 4.50. The lowest BCUT2D eigenvalue weighted by Gasteiger charge is -2.09. The van der Waals surface area contributed by atoms with E-state index in [4.69, 9.17) is 5.73 Å². The molecule has 0 radical (unpaired) electrons. The van der Waals surface area contributed by atoms with Gasteiger partial charge in [-0.25, -0.2) is 0 Å². The summed E-state index contributed by atoms with van der Waals surface area (Å²) in [4.78, 5) is 27.8. The molecule has 0 aliphatic carbocycles. The number of aryl methyl sites for hydroxylation is 1. The van der Waals surface area contributed by atoms with Crippen LogP contribution in [0.3, 0.4) is 0 Å². The molecule has 5 heteroatoms. The number of pyridine rings is 1. The molecule has 0 unspecified atom stereocenters. The van der Waals surface area contributed by atoms with Crippen LogP contribution in [0.2, 0.25) is 0 Å². The van der Waals surface area contributed by atoms with Gasteiger partial charge in [-0.2, -0.15) is 0 Å². The van der Waals surface area contributed by atoms with Gasteiger partial charge in [-0.05, 0) is 48.9 Å². The first-order valence-electron chi connectivity index (χ1n) is 9.41. The molecule has 0 aliphatic heterocycles. The van der Waals surface area contributed by atoms with Gasteiger partial charge in [-0.3, -0.25) is 14.6 Å². The van der Waals surface area contributed by atoms with Gasteiger partial charge < -0.3 is 10.5 Å². The van der Waals surface area contributed by atoms with Crippen molar-refractivity contribution >= 4 is 11.8 Å². The summed E-state index contributed by atoms with van der Waals surface area (Å²) in [6, 6.07) is 13.0. The fourth-order valence-electron chi connectivity index (χ4n) is 2.95. The summed E-state index contributed by atoms with van der Waals surface area (Å²) >= 11 is 0. The second kappa shape index (κ2) is 11.2. The Morgan fingerprint density at radius 3 is 2.44 bits per heavy atom. The largest absolute Gasteiger partial charge is 0.468 e. The zero-order valence-electron chi connectivity index (χ0n) is 15.9. The van der Waals surface area contributed by atoms with Crippen LogP contribution >= 0.6 is 0 Å². The summed E-state index contributed by atoms with van der Waals surface area (Å²) in [5.41, 5.74) is 8.82. The fourth-order valence-corrected chi connectivity index (χ4v) is 2.95. The molecule has 5 nitrogen and oxygen atoms in total. The van der Waals surface area contributed by atoms with Gasteiger partial charge in [0.05, 0.1) is 7.11 Å². The number of carbonyl (C=O) groups is 2. The van der Waals surface area contributed by atoms with E-state index in [0.29, 0.717) is 19.3 Å². The van der Waals surface area contributed by atoms with Crippen LogP contribution in [0.1, 0.15) is 42.5 Å². The van der Waals surface area contributed by atoms with E-state index in [1.54, 1.807) is 0 Å². The Bertz CT molecular complexity index is 714. The van der Waals surface area contributed by atoms with Crippen LogP contribution < -0.4 is 5.73 Å². The zero-order chi connectivity index (χ0) is 19.5. The van der Waals surface area contributed by atoms with E-state index in [1.807, 2.05) is 48.7 Å². The van der Waals surface area contributed by atoms with E-state index in [9.17, 15) is 9.59 Å². The van der Waals surface area contributed by atoms with Gasteiger partial charge in [0, 0.05) is 24.7 Å². The van der Waals surface area contributed by atoms with Crippen LogP contribution in [0.5, 0.6) is 0 Å². The maximum atomic E-state index is 12.1. The predicted octanol–water partition coefficient (Wildman–Crippen LogP) is 3.04. The number of aromatic nitrogens is 1. The van der Waals surface area contributed by atoms with Gasteiger partial charge in [-0.1, -0.05) is 36.8 Å². The Balaban J connectivity index is 1.65. The van der Waals surface area contributed by atoms with Crippen molar-refractivity contribution in [1.29, 1.82) is 0 Å². The van der Waals surface area contributed by atoms with Gasteiger partial charge in [0.15, 0.2) is 0 Å². The Kier molecular flexibility index (Phi) is 8.65. The minimum Gasteiger partial charge on any atom is -0.468 e. The molecule has 1 aromatic heterocycles. The molecule has 1 atom stereocenters. The summed E-state index contributed by atoms with van der Waals surface area (Å²) in [7, 11) is 1.33. The Morgan fingerprint density at radius 1 is 1.04 bits per heavy atom. The van der Waals surface area contributed by atoms with Gasteiger partial charge in [-0.15, -0.1) is 0 Å². The van der Waals surface area contributed by atoms with E-state index in [0.717, 1.165) is 42.5 Å². The minimum atomic E-state index is -0.659. The molecule has 2 rings (SSSR count). The highest BCUT2D eigenvalue weighted by Crippen LogP contribution is 2.11. The van der Waals surface area contributed by atoms with Gasteiger partial charge in [0.1, 0.15) is 11.8 Å². The Hall–Kier alpha value is -2.53. The maximum Gasteiger partial charge on any atom is 0.322 e. The van der Waals surface area contributed by atoms with Crippen molar-refractivity contribution in [2.45, 2.75) is 51.0 Å². The van der Waals surface area contributed by atoms with Crippen molar-refractivity contribution in [2.75, 3.05) is 7.11 Å². The number of hydrogen-bond donors (Lipinski definition) is 1. The van der Waals surface area contributed by atoms with Crippen LogP contribution in [0.15, 0.2) is 48.7 Å². The first kappa shape index (κ1) is 20.8. The molecule has 0 fully saturated rings. The van der Waals surface area contributed by atoms with E-state index >= 15 is 0 Å². The molecule has 27 heavy (non-hydrogen) atoms. The van der Waals surface area contributed by atoms with Crippen LogP contribution in [-0.4, -0.2) is 29.9 Å². The molecule has 2 aromatic rings. The number of hydrogen-bond acceptors (Lipinski definition) is 5. The number of carbonyl (C=O) groups excluding carboxylic acids is 2. The molecule has 0 bridgehead atoms. The Morgan fingerprint density at radius 2 is 1.78 bits per heavy atom. The van der Waals surface area contributed by atoms with E-state index in [2.05, 4.69) is 9.72 Å². The van der Waals surface area contributed by atoms with Gasteiger partial charge in [0.2, 0.25) is 0 Å². The lowest BCUT2D eigenvalue weighted by atomic mass is 10.0. The number of unbranched alkanes of at least 4 members (excludes halogenated alkanes) is 2. The van der Waals surface area contributed by atoms with E-state index in [1.165, 1.54) is 7.11 Å². The van der Waals surface area contributed by atoms with Gasteiger partial charge >= 0.3 is 5.97 Å². The summed E-state index contributed by atoms with van der Waals surface area (Å²) in [5, 5.41) is 0. The summed E-state index contributed by atoms with van der Waals surface area (Å²) in [6.45, 7) is 0. The molecule has 2 N–H and O–H groups in total. The van der Waals surface area contributed by atoms with E-state index < -0.39 is 12.0 Å². The van der Waals surface area contributed by atoms with Crippen molar-refractivity contribution in [3.05, 3.63) is 65.5 Å². The molecule has 0 aliphatic rings. The van der Waals surface area contributed by atoms with Crippen molar-refractivity contribution in [1.82, 2.24) is 4.98 Å². The second-order valence-electron chi connectivity index (χ2n) is 6.75. The third-order valence-electron chi connectivity index (χ3n) is 4.50. The van der Waals surface area contributed by atoms with Crippen molar-refractivity contribution in [2.24, 2.45) is 5.73 Å². The number of nitrogens with two attached hydrogens (primary N) is 1. The van der Waals surface area contributed by atoms with Crippen LogP contribution in [0.4, 0.5) is 0 Å². The minimum absolute atomic E-state index is 0.256. The molecule has 144 valence electrons. The van der Waals surface area contributed by atoms with Gasteiger partial charge in [0.25, 0.3) is 0 Å². The first-order valence-corrected chi connectivity index (χ1v) is 9.41. The fraction of sp³-hybridized carbons (Fsp3) is 0.409. The number of rotatable bonds is 11. The average Bonchev–Trinajstić information content (AvgIpc) is 2.69. The summed E-state index contributed by atoms with van der Waals surface area (Å²) in [6.07, 6.45) is 7.26. The number of nitrogens with zero attached hydrogens (tertiary/aromatic N) is 1. The van der Waals surface area contributed by atoms with Crippen LogP contribution in [-0.2, 0) is 33.6 Å². The molecule has 0 amide bonds. The normalized spacial score (nSPS) is 11.8. The quantitative estimate of drug-likeness (QED) is 0.487. The number of Topliss-reactive ketones (excluding diaryl/α,β-unsaturated/α-hetero) is 1.